The normalized spacial score (nSPS) is 26.9. The van der Waals surface area contributed by atoms with Gasteiger partial charge in [-0.25, -0.2) is 4.39 Å². The van der Waals surface area contributed by atoms with Crippen LogP contribution in [0.15, 0.2) is 24.3 Å². The van der Waals surface area contributed by atoms with Gasteiger partial charge in [0.25, 0.3) is 0 Å². The molecule has 1 aromatic carbocycles. The summed E-state index contributed by atoms with van der Waals surface area (Å²) in [7, 11) is 0. The molecule has 114 valence electrons. The number of benzene rings is 1. The van der Waals surface area contributed by atoms with Gasteiger partial charge in [0, 0.05) is 6.54 Å². The Labute approximate surface area is 124 Å². The highest BCUT2D eigenvalue weighted by Crippen LogP contribution is 2.32. The maximum atomic E-state index is 13.4. The quantitative estimate of drug-likeness (QED) is 0.902. The van der Waals surface area contributed by atoms with Crippen molar-refractivity contribution in [2.45, 2.75) is 31.3 Å². The van der Waals surface area contributed by atoms with Crippen molar-refractivity contribution in [1.82, 2.24) is 10.2 Å². The lowest BCUT2D eigenvalue weighted by Crippen LogP contribution is -2.59. The Bertz CT molecular complexity index is 513. The third-order valence-corrected chi connectivity index (χ3v) is 4.46. The summed E-state index contributed by atoms with van der Waals surface area (Å²) in [5.41, 5.74) is 0.590. The number of carbonyl (C=O) groups excluding carboxylic acids is 1. The molecular weight excluding hydrogens is 271 g/mol. The molecule has 2 fully saturated rings. The summed E-state index contributed by atoms with van der Waals surface area (Å²) in [6, 6.07) is 6.49. The number of nitrogens with one attached hydrogen (secondary N) is 1. The minimum Gasteiger partial charge on any atom is -0.369 e. The highest BCUT2D eigenvalue weighted by Gasteiger charge is 2.43. The van der Waals surface area contributed by atoms with Gasteiger partial charge in [-0.3, -0.25) is 4.79 Å². The first kappa shape index (κ1) is 14.5. The summed E-state index contributed by atoms with van der Waals surface area (Å²) >= 11 is 0. The van der Waals surface area contributed by atoms with E-state index in [0.717, 1.165) is 37.9 Å². The van der Waals surface area contributed by atoms with Gasteiger partial charge in [-0.05, 0) is 50.0 Å². The minimum absolute atomic E-state index is 0.00686. The summed E-state index contributed by atoms with van der Waals surface area (Å²) < 4.78 is 18.9. The van der Waals surface area contributed by atoms with E-state index in [1.807, 2.05) is 11.0 Å². The zero-order chi connectivity index (χ0) is 14.7. The third-order valence-electron chi connectivity index (χ3n) is 4.46. The van der Waals surface area contributed by atoms with Crippen molar-refractivity contribution in [1.29, 1.82) is 0 Å². The van der Waals surface area contributed by atoms with Gasteiger partial charge >= 0.3 is 0 Å². The molecule has 1 unspecified atom stereocenters. The Kier molecular flexibility index (Phi) is 4.22. The van der Waals surface area contributed by atoms with Gasteiger partial charge < -0.3 is 15.0 Å². The lowest BCUT2D eigenvalue weighted by atomic mass is 9.87. The lowest BCUT2D eigenvalue weighted by molar-refractivity contribution is -0.160. The van der Waals surface area contributed by atoms with Crippen LogP contribution in [0.3, 0.4) is 0 Å². The average Bonchev–Trinajstić information content (AvgIpc) is 2.70. The molecule has 21 heavy (non-hydrogen) atoms. The van der Waals surface area contributed by atoms with Crippen molar-refractivity contribution in [3.63, 3.8) is 0 Å². The van der Waals surface area contributed by atoms with Crippen LogP contribution in [0.25, 0.3) is 0 Å². The number of carbonyl (C=O) groups is 1. The summed E-state index contributed by atoms with van der Waals surface area (Å²) in [6.07, 6.45) is 2.84. The van der Waals surface area contributed by atoms with Gasteiger partial charge in [0.1, 0.15) is 12.4 Å². The smallest absolute Gasteiger partial charge is 0.249 e. The number of hydrogen-bond acceptors (Lipinski definition) is 3. The van der Waals surface area contributed by atoms with Crippen LogP contribution in [0, 0.1) is 5.82 Å². The number of hydrogen-bond donors (Lipinski definition) is 1. The number of rotatable bonds is 2. The van der Waals surface area contributed by atoms with E-state index >= 15 is 0 Å². The molecule has 2 saturated heterocycles. The number of amides is 1. The Hall–Kier alpha value is -1.46. The third kappa shape index (κ3) is 3.09. The molecule has 0 aromatic heterocycles. The van der Waals surface area contributed by atoms with Crippen LogP contribution in [-0.4, -0.2) is 42.6 Å². The monoisotopic (exact) mass is 292 g/mol. The standard InChI is InChI=1S/C16H21FN2O2/c17-14-4-1-3-13(9-14)10-19-15(20)11-21-12-16(19)5-2-7-18-8-6-16/h1,3-4,9,18H,2,5-8,10-12H2. The molecule has 1 aromatic rings. The molecule has 5 heteroatoms. The average molecular weight is 292 g/mol. The summed E-state index contributed by atoms with van der Waals surface area (Å²) in [5, 5.41) is 3.37. The van der Waals surface area contributed by atoms with Crippen molar-refractivity contribution in [2.75, 3.05) is 26.3 Å². The highest BCUT2D eigenvalue weighted by atomic mass is 19.1. The highest BCUT2D eigenvalue weighted by molar-refractivity contribution is 5.79. The van der Waals surface area contributed by atoms with Gasteiger partial charge in [0.2, 0.25) is 5.91 Å². The maximum Gasteiger partial charge on any atom is 0.249 e. The van der Waals surface area contributed by atoms with Crippen LogP contribution in [0.2, 0.25) is 0 Å². The van der Waals surface area contributed by atoms with Crippen molar-refractivity contribution < 1.29 is 13.9 Å². The number of ether oxygens (including phenoxy) is 1. The molecule has 1 atom stereocenters. The molecule has 0 radical (unpaired) electrons. The first-order chi connectivity index (χ1) is 10.2. The molecule has 3 rings (SSSR count). The predicted octanol–water partition coefficient (Wildman–Crippen LogP) is 1.70. The molecule has 4 nitrogen and oxygen atoms in total. The molecule has 0 saturated carbocycles. The summed E-state index contributed by atoms with van der Waals surface area (Å²) in [5.74, 6) is -0.253. The molecular formula is C16H21FN2O2. The molecule has 1 amide bonds. The Morgan fingerprint density at radius 2 is 2.24 bits per heavy atom. The second-order valence-electron chi connectivity index (χ2n) is 5.93. The van der Waals surface area contributed by atoms with Crippen LogP contribution >= 0.6 is 0 Å². The van der Waals surface area contributed by atoms with Crippen LogP contribution in [0.4, 0.5) is 4.39 Å². The van der Waals surface area contributed by atoms with E-state index < -0.39 is 0 Å². The van der Waals surface area contributed by atoms with Gasteiger partial charge in [0.15, 0.2) is 0 Å². The van der Waals surface area contributed by atoms with E-state index in [9.17, 15) is 9.18 Å². The molecule has 2 aliphatic heterocycles. The van der Waals surface area contributed by atoms with E-state index in [0.29, 0.717) is 13.2 Å². The predicted molar refractivity (Wildman–Crippen MR) is 77.2 cm³/mol. The van der Waals surface area contributed by atoms with Crippen molar-refractivity contribution >= 4 is 5.91 Å². The SMILES string of the molecule is O=C1COCC2(CCCNCC2)N1Cc1cccc(F)c1. The van der Waals surface area contributed by atoms with E-state index in [-0.39, 0.29) is 23.9 Å². The molecule has 2 aliphatic rings. The number of morpholine rings is 1. The zero-order valence-electron chi connectivity index (χ0n) is 12.1. The molecule has 1 spiro atoms. The van der Waals surface area contributed by atoms with Gasteiger partial charge in [-0.1, -0.05) is 12.1 Å². The topological polar surface area (TPSA) is 41.6 Å². The molecule has 0 bridgehead atoms. The fourth-order valence-electron chi connectivity index (χ4n) is 3.35. The Balaban J connectivity index is 1.85. The number of nitrogens with zero attached hydrogens (tertiary/aromatic N) is 1. The first-order valence-corrected chi connectivity index (χ1v) is 7.53. The van der Waals surface area contributed by atoms with E-state index in [1.54, 1.807) is 6.07 Å². The number of halogens is 1. The second kappa shape index (κ2) is 6.12. The summed E-state index contributed by atoms with van der Waals surface area (Å²) in [6.45, 7) is 3.03. The van der Waals surface area contributed by atoms with Crippen LogP contribution < -0.4 is 5.32 Å². The van der Waals surface area contributed by atoms with Gasteiger partial charge in [0.05, 0.1) is 12.1 Å². The Morgan fingerprint density at radius 1 is 1.33 bits per heavy atom. The Morgan fingerprint density at radius 3 is 3.10 bits per heavy atom. The van der Waals surface area contributed by atoms with Gasteiger partial charge in [-0.15, -0.1) is 0 Å². The van der Waals surface area contributed by atoms with E-state index in [4.69, 9.17) is 4.74 Å². The fourth-order valence-corrected chi connectivity index (χ4v) is 3.35. The minimum atomic E-state index is -0.259. The van der Waals surface area contributed by atoms with E-state index in [1.165, 1.54) is 12.1 Å². The lowest BCUT2D eigenvalue weighted by Gasteiger charge is -2.46. The van der Waals surface area contributed by atoms with Crippen LogP contribution in [-0.2, 0) is 16.1 Å². The van der Waals surface area contributed by atoms with Crippen molar-refractivity contribution in [3.05, 3.63) is 35.6 Å². The summed E-state index contributed by atoms with van der Waals surface area (Å²) in [4.78, 5) is 14.3. The van der Waals surface area contributed by atoms with Crippen LogP contribution in [0.1, 0.15) is 24.8 Å². The maximum absolute atomic E-state index is 13.4. The molecule has 0 aliphatic carbocycles. The van der Waals surface area contributed by atoms with Crippen molar-refractivity contribution in [3.8, 4) is 0 Å². The fraction of sp³-hybridized carbons (Fsp3) is 0.562. The largest absolute Gasteiger partial charge is 0.369 e. The first-order valence-electron chi connectivity index (χ1n) is 7.53. The molecule has 2 heterocycles. The molecule has 1 N–H and O–H groups in total. The van der Waals surface area contributed by atoms with E-state index in [2.05, 4.69) is 5.32 Å². The second-order valence-corrected chi connectivity index (χ2v) is 5.93. The van der Waals surface area contributed by atoms with Crippen LogP contribution in [0.5, 0.6) is 0 Å². The van der Waals surface area contributed by atoms with Gasteiger partial charge in [-0.2, -0.15) is 0 Å². The van der Waals surface area contributed by atoms with Crippen molar-refractivity contribution in [2.24, 2.45) is 0 Å². The zero-order valence-corrected chi connectivity index (χ0v) is 12.1.